The Bertz CT molecular complexity index is 503. The average molecular weight is 263 g/mol. The molecule has 0 unspecified atom stereocenters. The summed E-state index contributed by atoms with van der Waals surface area (Å²) in [6, 6.07) is 0. The van der Waals surface area contributed by atoms with E-state index in [9.17, 15) is 13.2 Å². The van der Waals surface area contributed by atoms with Crippen molar-refractivity contribution in [2.75, 3.05) is 6.54 Å². The number of nitrogens with two attached hydrogens (primary N) is 1. The molecule has 0 bridgehead atoms. The minimum atomic E-state index is -4.47. The average Bonchev–Trinajstić information content (AvgIpc) is 2.82. The maximum absolute atomic E-state index is 12.4. The third-order valence-corrected chi connectivity index (χ3v) is 2.92. The summed E-state index contributed by atoms with van der Waals surface area (Å²) in [4.78, 5) is 3.99. The van der Waals surface area contributed by atoms with Gasteiger partial charge in [-0.25, -0.2) is 4.98 Å². The normalized spacial score (nSPS) is 12.0. The minimum Gasteiger partial charge on any atom is -0.330 e. The van der Waals surface area contributed by atoms with Crippen LogP contribution >= 0.6 is 11.3 Å². The third-order valence-electron chi connectivity index (χ3n) is 1.95. The van der Waals surface area contributed by atoms with Crippen molar-refractivity contribution < 1.29 is 13.2 Å². The van der Waals surface area contributed by atoms with Crippen LogP contribution in [0.2, 0.25) is 0 Å². The van der Waals surface area contributed by atoms with Gasteiger partial charge in [-0.3, -0.25) is 4.57 Å². The topological polar surface area (TPSA) is 69.6 Å². The minimum absolute atomic E-state index is 0.137. The molecule has 0 spiro atoms. The van der Waals surface area contributed by atoms with Gasteiger partial charge in [0.25, 0.3) is 0 Å². The van der Waals surface area contributed by atoms with Crippen molar-refractivity contribution in [3.8, 4) is 5.13 Å². The van der Waals surface area contributed by atoms with Crippen molar-refractivity contribution in [3.05, 3.63) is 23.2 Å². The molecule has 0 saturated heterocycles. The number of alkyl halides is 3. The van der Waals surface area contributed by atoms with E-state index in [-0.39, 0.29) is 5.13 Å². The summed E-state index contributed by atoms with van der Waals surface area (Å²) in [5.41, 5.74) is 5.38. The Morgan fingerprint density at radius 3 is 2.71 bits per heavy atom. The Morgan fingerprint density at radius 2 is 2.12 bits per heavy atom. The summed E-state index contributed by atoms with van der Waals surface area (Å²) < 4.78 is 38.5. The Kier molecular flexibility index (Phi) is 3.11. The number of nitrogens with zero attached hydrogens (tertiary/aromatic N) is 4. The second-order valence-corrected chi connectivity index (χ2v) is 4.10. The highest BCUT2D eigenvalue weighted by Crippen LogP contribution is 2.32. The highest BCUT2D eigenvalue weighted by Gasteiger charge is 2.35. The summed E-state index contributed by atoms with van der Waals surface area (Å²) in [6.45, 7) is 0.363. The van der Waals surface area contributed by atoms with Crippen molar-refractivity contribution in [1.29, 1.82) is 0 Å². The summed E-state index contributed by atoms with van der Waals surface area (Å²) in [5, 5.41) is 5.77. The monoisotopic (exact) mass is 263 g/mol. The summed E-state index contributed by atoms with van der Waals surface area (Å²) >= 11 is 0.472. The van der Waals surface area contributed by atoms with Gasteiger partial charge in [-0.2, -0.15) is 13.2 Å². The van der Waals surface area contributed by atoms with Gasteiger partial charge < -0.3 is 5.73 Å². The van der Waals surface area contributed by atoms with Gasteiger partial charge in [-0.1, -0.05) is 11.3 Å². The van der Waals surface area contributed by atoms with Crippen LogP contribution in [0.5, 0.6) is 0 Å². The molecule has 2 rings (SSSR count). The molecule has 2 aromatic rings. The van der Waals surface area contributed by atoms with Gasteiger partial charge in [0, 0.05) is 18.8 Å². The van der Waals surface area contributed by atoms with Gasteiger partial charge >= 0.3 is 6.18 Å². The molecule has 0 aromatic carbocycles. The van der Waals surface area contributed by atoms with Crippen molar-refractivity contribution in [1.82, 2.24) is 19.7 Å². The van der Waals surface area contributed by atoms with Crippen LogP contribution in [0.3, 0.4) is 0 Å². The molecule has 0 fully saturated rings. The standard InChI is InChI=1S/C8H8F3N5S/c9-8(10,11)6-14-15-7(17-6)16-4-3-13-5(16)1-2-12/h3-4H,1-2,12H2. The van der Waals surface area contributed by atoms with Gasteiger partial charge in [0.15, 0.2) is 0 Å². The maximum atomic E-state index is 12.4. The molecule has 0 atom stereocenters. The molecule has 0 amide bonds. The second kappa shape index (κ2) is 4.41. The molecule has 0 saturated carbocycles. The van der Waals surface area contributed by atoms with Crippen molar-refractivity contribution in [2.45, 2.75) is 12.6 Å². The van der Waals surface area contributed by atoms with E-state index < -0.39 is 11.2 Å². The first-order valence-electron chi connectivity index (χ1n) is 4.65. The third kappa shape index (κ3) is 2.44. The molecule has 0 aliphatic rings. The smallest absolute Gasteiger partial charge is 0.330 e. The van der Waals surface area contributed by atoms with Gasteiger partial charge in [0.2, 0.25) is 10.1 Å². The highest BCUT2D eigenvalue weighted by atomic mass is 32.1. The highest BCUT2D eigenvalue weighted by molar-refractivity contribution is 7.13. The van der Waals surface area contributed by atoms with E-state index in [0.717, 1.165) is 0 Å². The lowest BCUT2D eigenvalue weighted by molar-refractivity contribution is -0.138. The molecular formula is C8H8F3N5S. The van der Waals surface area contributed by atoms with Gasteiger partial charge in [0.1, 0.15) is 5.82 Å². The molecular weight excluding hydrogens is 255 g/mol. The van der Waals surface area contributed by atoms with E-state index in [1.54, 1.807) is 0 Å². The van der Waals surface area contributed by atoms with Crippen LogP contribution in [0.4, 0.5) is 13.2 Å². The van der Waals surface area contributed by atoms with Crippen molar-refractivity contribution in [2.24, 2.45) is 5.73 Å². The summed E-state index contributed by atoms with van der Waals surface area (Å²) in [6.07, 6.45) is -0.982. The van der Waals surface area contributed by atoms with Crippen LogP contribution < -0.4 is 5.73 Å². The van der Waals surface area contributed by atoms with Crippen molar-refractivity contribution >= 4 is 11.3 Å². The van der Waals surface area contributed by atoms with E-state index in [1.165, 1.54) is 17.0 Å². The zero-order valence-corrected chi connectivity index (χ0v) is 9.29. The fourth-order valence-electron chi connectivity index (χ4n) is 1.25. The molecule has 0 aliphatic carbocycles. The Balaban J connectivity index is 2.34. The zero-order valence-electron chi connectivity index (χ0n) is 8.48. The SMILES string of the molecule is NCCc1nccn1-c1nnc(C(F)(F)F)s1. The largest absolute Gasteiger partial charge is 0.445 e. The lowest BCUT2D eigenvalue weighted by Crippen LogP contribution is -2.08. The lowest BCUT2D eigenvalue weighted by Gasteiger charge is -2.01. The first-order valence-corrected chi connectivity index (χ1v) is 5.47. The number of hydrogen-bond acceptors (Lipinski definition) is 5. The van der Waals surface area contributed by atoms with E-state index in [0.29, 0.717) is 30.1 Å². The lowest BCUT2D eigenvalue weighted by atomic mass is 10.4. The van der Waals surface area contributed by atoms with Crippen molar-refractivity contribution in [3.63, 3.8) is 0 Å². The molecule has 2 aromatic heterocycles. The van der Waals surface area contributed by atoms with E-state index in [1.807, 2.05) is 0 Å². The molecule has 2 N–H and O–H groups in total. The Hall–Kier alpha value is -1.48. The number of halogens is 3. The first kappa shape index (κ1) is 12.0. The molecule has 5 nitrogen and oxygen atoms in total. The van der Waals surface area contributed by atoms with Gasteiger partial charge in [-0.15, -0.1) is 10.2 Å². The number of hydrogen-bond donors (Lipinski definition) is 1. The Morgan fingerprint density at radius 1 is 1.35 bits per heavy atom. The van der Waals surface area contributed by atoms with Crippen LogP contribution in [-0.2, 0) is 12.6 Å². The van der Waals surface area contributed by atoms with E-state index in [2.05, 4.69) is 15.2 Å². The van der Waals surface area contributed by atoms with Crippen LogP contribution in [0.25, 0.3) is 5.13 Å². The molecule has 9 heteroatoms. The van der Waals surface area contributed by atoms with Crippen LogP contribution in [0.15, 0.2) is 12.4 Å². The molecule has 17 heavy (non-hydrogen) atoms. The summed E-state index contributed by atoms with van der Waals surface area (Å²) in [7, 11) is 0. The van der Waals surface area contributed by atoms with Gasteiger partial charge in [0.05, 0.1) is 0 Å². The predicted molar refractivity (Wildman–Crippen MR) is 54.8 cm³/mol. The van der Waals surface area contributed by atoms with Gasteiger partial charge in [-0.05, 0) is 6.54 Å². The fourth-order valence-corrected chi connectivity index (χ4v) is 1.97. The number of rotatable bonds is 3. The Labute approximate surface area is 98.1 Å². The fraction of sp³-hybridized carbons (Fsp3) is 0.375. The second-order valence-electron chi connectivity index (χ2n) is 3.14. The maximum Gasteiger partial charge on any atom is 0.445 e. The summed E-state index contributed by atoms with van der Waals surface area (Å²) in [5.74, 6) is 0.567. The van der Waals surface area contributed by atoms with E-state index in [4.69, 9.17) is 5.73 Å². The zero-order chi connectivity index (χ0) is 12.5. The van der Waals surface area contributed by atoms with Crippen LogP contribution in [-0.4, -0.2) is 26.3 Å². The molecule has 2 heterocycles. The predicted octanol–water partition coefficient (Wildman–Crippen LogP) is 1.24. The van der Waals surface area contributed by atoms with E-state index >= 15 is 0 Å². The molecule has 0 radical (unpaired) electrons. The molecule has 92 valence electrons. The number of imidazole rings is 1. The van der Waals surface area contributed by atoms with Crippen LogP contribution in [0, 0.1) is 0 Å². The quantitative estimate of drug-likeness (QED) is 0.904. The molecule has 0 aliphatic heterocycles. The number of aromatic nitrogens is 4. The van der Waals surface area contributed by atoms with Crippen LogP contribution in [0.1, 0.15) is 10.8 Å². The first-order chi connectivity index (χ1) is 8.02.